The van der Waals surface area contributed by atoms with Gasteiger partial charge < -0.3 is 9.16 Å². The van der Waals surface area contributed by atoms with Gasteiger partial charge in [-0.3, -0.25) is 4.79 Å². The van der Waals surface area contributed by atoms with E-state index in [0.717, 1.165) is 11.3 Å². The first-order valence-electron chi connectivity index (χ1n) is 7.52. The zero-order chi connectivity index (χ0) is 16.6. The maximum absolute atomic E-state index is 12.0. The molecule has 0 aromatic carbocycles. The minimum absolute atomic E-state index is 0.0521. The second-order valence-corrected chi connectivity index (χ2v) is 13.0. The van der Waals surface area contributed by atoms with Crippen LogP contribution in [0.2, 0.25) is 18.1 Å². The van der Waals surface area contributed by atoms with Gasteiger partial charge in [-0.1, -0.05) is 27.4 Å². The molecule has 3 nitrogen and oxygen atoms in total. The molecule has 4 heteroatoms. The van der Waals surface area contributed by atoms with Gasteiger partial charge in [0.25, 0.3) is 0 Å². The lowest BCUT2D eigenvalue weighted by atomic mass is 10.1. The van der Waals surface area contributed by atoms with Crippen molar-refractivity contribution in [2.45, 2.75) is 71.7 Å². The molecule has 1 aliphatic rings. The highest BCUT2D eigenvalue weighted by Gasteiger charge is 2.41. The first kappa shape index (κ1) is 18.2. The Labute approximate surface area is 130 Å². The van der Waals surface area contributed by atoms with Gasteiger partial charge in [-0.25, -0.2) is 0 Å². The zero-order valence-electron chi connectivity index (χ0n) is 14.8. The average molecular weight is 311 g/mol. The van der Waals surface area contributed by atoms with Crippen LogP contribution in [0.4, 0.5) is 0 Å². The summed E-state index contributed by atoms with van der Waals surface area (Å²) < 4.78 is 12.2. The predicted molar refractivity (Wildman–Crippen MR) is 89.8 cm³/mol. The summed E-state index contributed by atoms with van der Waals surface area (Å²) in [4.78, 5) is 12.0. The Kier molecular flexibility index (Phi) is 4.96. The van der Waals surface area contributed by atoms with Crippen LogP contribution in [-0.2, 0) is 14.0 Å². The lowest BCUT2D eigenvalue weighted by molar-refractivity contribution is -0.114. The minimum Gasteiger partial charge on any atom is -0.546 e. The van der Waals surface area contributed by atoms with E-state index < -0.39 is 8.32 Å². The number of carbonyl (C=O) groups excluding carboxylic acids is 1. The van der Waals surface area contributed by atoms with Crippen LogP contribution in [0.1, 0.15) is 48.0 Å². The number of ketones is 1. The zero-order valence-corrected chi connectivity index (χ0v) is 15.8. The molecule has 0 bridgehead atoms. The second kappa shape index (κ2) is 5.73. The molecule has 0 aromatic heterocycles. The molecule has 0 N–H and O–H groups in total. The fourth-order valence-electron chi connectivity index (χ4n) is 1.71. The van der Waals surface area contributed by atoms with E-state index >= 15 is 0 Å². The molecule has 21 heavy (non-hydrogen) atoms. The molecule has 0 amide bonds. The van der Waals surface area contributed by atoms with Crippen LogP contribution in [0.15, 0.2) is 23.5 Å². The molecule has 0 aliphatic heterocycles. The molecule has 0 heterocycles. The van der Waals surface area contributed by atoms with E-state index in [0.29, 0.717) is 18.6 Å². The van der Waals surface area contributed by atoms with E-state index in [1.54, 1.807) is 0 Å². The number of ether oxygens (including phenoxy) is 1. The third kappa shape index (κ3) is 4.55. The number of hydrogen-bond acceptors (Lipinski definition) is 3. The van der Waals surface area contributed by atoms with Crippen molar-refractivity contribution in [1.29, 1.82) is 0 Å². The highest BCUT2D eigenvalue weighted by atomic mass is 28.4. The smallest absolute Gasteiger partial charge is 0.250 e. The summed E-state index contributed by atoms with van der Waals surface area (Å²) >= 11 is 0. The Morgan fingerprint density at radius 3 is 2.10 bits per heavy atom. The Morgan fingerprint density at radius 2 is 1.67 bits per heavy atom. The molecule has 0 aromatic rings. The quantitative estimate of drug-likeness (QED) is 0.562. The maximum atomic E-state index is 12.0. The highest BCUT2D eigenvalue weighted by Crippen LogP contribution is 2.41. The Bertz CT molecular complexity index is 473. The monoisotopic (exact) mass is 310 g/mol. The van der Waals surface area contributed by atoms with E-state index in [1.165, 1.54) is 0 Å². The van der Waals surface area contributed by atoms with Crippen molar-refractivity contribution in [3.05, 3.63) is 23.5 Å². The van der Waals surface area contributed by atoms with E-state index in [2.05, 4.69) is 40.4 Å². The molecule has 0 saturated heterocycles. The summed E-state index contributed by atoms with van der Waals surface area (Å²) in [6, 6.07) is 0. The summed E-state index contributed by atoms with van der Waals surface area (Å²) in [5, 5.41) is 0.100. The van der Waals surface area contributed by atoms with Gasteiger partial charge in [-0.15, -0.1) is 0 Å². The van der Waals surface area contributed by atoms with Crippen molar-refractivity contribution >= 4 is 14.1 Å². The van der Waals surface area contributed by atoms with Gasteiger partial charge in [0.05, 0.1) is 24.4 Å². The molecular weight excluding hydrogens is 280 g/mol. The standard InChI is InChI=1S/C17H30O3Si/c1-12-13(11-19-16(2,3)4)15(10-14(12)18)20-21(8,9)17(5,6)7/h1,10-11H2,2-9H3. The molecule has 0 radical (unpaired) electrons. The maximum Gasteiger partial charge on any atom is 0.250 e. The van der Waals surface area contributed by atoms with Crippen LogP contribution in [0, 0.1) is 0 Å². The molecule has 0 spiro atoms. The SMILES string of the molecule is C=C1C(=O)CC(O[Si](C)(C)C(C)(C)C)=C1COC(C)(C)C. The van der Waals surface area contributed by atoms with Crippen molar-refractivity contribution in [2.75, 3.05) is 6.61 Å². The first-order valence-corrected chi connectivity index (χ1v) is 10.4. The van der Waals surface area contributed by atoms with Crippen LogP contribution < -0.4 is 0 Å². The van der Waals surface area contributed by atoms with Gasteiger partial charge in [0.15, 0.2) is 5.78 Å². The average Bonchev–Trinajstić information content (AvgIpc) is 2.48. The molecule has 0 atom stereocenters. The van der Waals surface area contributed by atoms with Gasteiger partial charge in [0.1, 0.15) is 0 Å². The van der Waals surface area contributed by atoms with E-state index in [1.807, 2.05) is 20.8 Å². The largest absolute Gasteiger partial charge is 0.546 e. The third-order valence-electron chi connectivity index (χ3n) is 4.19. The van der Waals surface area contributed by atoms with Crippen molar-refractivity contribution in [2.24, 2.45) is 0 Å². The number of allylic oxidation sites excluding steroid dienone is 1. The second-order valence-electron chi connectivity index (χ2n) is 8.24. The van der Waals surface area contributed by atoms with Gasteiger partial charge in [-0.2, -0.15) is 0 Å². The highest BCUT2D eigenvalue weighted by molar-refractivity contribution is 6.74. The Morgan fingerprint density at radius 1 is 1.14 bits per heavy atom. The molecule has 0 unspecified atom stereocenters. The van der Waals surface area contributed by atoms with Crippen LogP contribution in [0.5, 0.6) is 0 Å². The number of rotatable bonds is 4. The first-order chi connectivity index (χ1) is 9.24. The van der Waals surface area contributed by atoms with E-state index in [-0.39, 0.29) is 16.4 Å². The summed E-state index contributed by atoms with van der Waals surface area (Å²) in [5.41, 5.74) is 1.15. The fraction of sp³-hybridized carbons (Fsp3) is 0.706. The van der Waals surface area contributed by atoms with Crippen LogP contribution in [0.25, 0.3) is 0 Å². The van der Waals surface area contributed by atoms with E-state index in [9.17, 15) is 4.79 Å². The molecule has 0 fully saturated rings. The van der Waals surface area contributed by atoms with Crippen LogP contribution >= 0.6 is 0 Å². The van der Waals surface area contributed by atoms with Crippen LogP contribution in [0.3, 0.4) is 0 Å². The minimum atomic E-state index is -1.95. The van der Waals surface area contributed by atoms with Crippen molar-refractivity contribution < 1.29 is 14.0 Å². The predicted octanol–water partition coefficient (Wildman–Crippen LogP) is 4.61. The van der Waals surface area contributed by atoms with Crippen molar-refractivity contribution in [1.82, 2.24) is 0 Å². The number of carbonyl (C=O) groups is 1. The Hall–Kier alpha value is -0.873. The number of Topliss-reactive ketones (excluding diaryl/α,β-unsaturated/α-hetero) is 1. The molecule has 1 aliphatic carbocycles. The summed E-state index contributed by atoms with van der Waals surface area (Å²) in [7, 11) is -1.95. The Balaban J connectivity index is 3.01. The molecular formula is C17H30O3Si. The van der Waals surface area contributed by atoms with Crippen molar-refractivity contribution in [3.8, 4) is 0 Å². The topological polar surface area (TPSA) is 35.5 Å². The number of hydrogen-bond donors (Lipinski definition) is 0. The normalized spacial score (nSPS) is 17.7. The van der Waals surface area contributed by atoms with Crippen molar-refractivity contribution in [3.63, 3.8) is 0 Å². The fourth-order valence-corrected chi connectivity index (χ4v) is 2.83. The van der Waals surface area contributed by atoms with Gasteiger partial charge in [0.2, 0.25) is 8.32 Å². The molecule has 1 rings (SSSR count). The van der Waals surface area contributed by atoms with Gasteiger partial charge in [-0.05, 0) is 38.9 Å². The summed E-state index contributed by atoms with van der Waals surface area (Å²) in [6.07, 6.45) is 0.328. The van der Waals surface area contributed by atoms with E-state index in [4.69, 9.17) is 9.16 Å². The molecule has 120 valence electrons. The molecule has 0 saturated carbocycles. The van der Waals surface area contributed by atoms with Gasteiger partial charge in [0, 0.05) is 11.1 Å². The summed E-state index contributed by atoms with van der Waals surface area (Å²) in [6.45, 7) is 21.2. The lowest BCUT2D eigenvalue weighted by Gasteiger charge is -2.37. The lowest BCUT2D eigenvalue weighted by Crippen LogP contribution is -2.40. The van der Waals surface area contributed by atoms with Gasteiger partial charge >= 0.3 is 0 Å². The third-order valence-corrected chi connectivity index (χ3v) is 8.56. The summed E-state index contributed by atoms with van der Waals surface area (Å²) in [5.74, 6) is 0.831. The van der Waals surface area contributed by atoms with Crippen LogP contribution in [-0.4, -0.2) is 26.3 Å².